The normalized spacial score (nSPS) is 12.6. The minimum Gasteiger partial charge on any atom is -0.482 e. The summed E-state index contributed by atoms with van der Waals surface area (Å²) >= 11 is 6.67. The van der Waals surface area contributed by atoms with Gasteiger partial charge in [-0.15, -0.1) is 0 Å². The number of carboxylic acid groups (broad SMARTS) is 1. The molecular weight excluding hydrogens is 470 g/mol. The summed E-state index contributed by atoms with van der Waals surface area (Å²) in [6.07, 6.45) is 1.29. The van der Waals surface area contributed by atoms with Crippen LogP contribution in [0.5, 0.6) is 5.75 Å². The molecular formula is C22H26ClN3O8. The van der Waals surface area contributed by atoms with Gasteiger partial charge in [-0.3, -0.25) is 14.3 Å². The van der Waals surface area contributed by atoms with E-state index in [0.717, 1.165) is 4.57 Å². The summed E-state index contributed by atoms with van der Waals surface area (Å²) in [7, 11) is 0. The molecule has 12 heteroatoms. The number of ether oxygens (including phenoxy) is 1. The van der Waals surface area contributed by atoms with Gasteiger partial charge in [-0.05, 0) is 18.6 Å². The largest absolute Gasteiger partial charge is 0.482 e. The van der Waals surface area contributed by atoms with Gasteiger partial charge in [0.2, 0.25) is 0 Å². The van der Waals surface area contributed by atoms with Gasteiger partial charge >= 0.3 is 11.7 Å². The van der Waals surface area contributed by atoms with E-state index in [9.17, 15) is 24.9 Å². The second-order valence-corrected chi connectivity index (χ2v) is 8.10. The van der Waals surface area contributed by atoms with Gasteiger partial charge < -0.3 is 34.9 Å². The maximum atomic E-state index is 12.5. The van der Waals surface area contributed by atoms with Crippen molar-refractivity contribution in [2.75, 3.05) is 25.1 Å². The number of carboxylic acids is 1. The molecule has 184 valence electrons. The Balaban J connectivity index is 2.19. The third-order valence-electron chi connectivity index (χ3n) is 5.36. The van der Waals surface area contributed by atoms with Crippen LogP contribution >= 0.6 is 11.6 Å². The molecule has 0 fully saturated rings. The van der Waals surface area contributed by atoms with Crippen LogP contribution in [0.1, 0.15) is 31.6 Å². The molecule has 0 spiro atoms. The van der Waals surface area contributed by atoms with Crippen LogP contribution in [0.15, 0.2) is 39.7 Å². The molecule has 2 heterocycles. The fourth-order valence-electron chi connectivity index (χ4n) is 3.40. The number of aryl methyl sites for hydroxylation is 1. The number of rotatable bonds is 12. The topological polar surface area (TPSA) is 167 Å². The number of halogens is 1. The van der Waals surface area contributed by atoms with Gasteiger partial charge in [-0.2, -0.15) is 0 Å². The number of aliphatic hydroxyl groups excluding tert-OH is 3. The van der Waals surface area contributed by atoms with Crippen LogP contribution in [0.4, 0.5) is 5.69 Å². The van der Waals surface area contributed by atoms with Gasteiger partial charge in [0.25, 0.3) is 0 Å². The van der Waals surface area contributed by atoms with E-state index >= 15 is 0 Å². The molecule has 0 radical (unpaired) electrons. The molecule has 1 aromatic carbocycles. The number of anilines is 1. The van der Waals surface area contributed by atoms with E-state index in [1.54, 1.807) is 18.3 Å². The number of nitrogens with one attached hydrogen (secondary N) is 1. The lowest BCUT2D eigenvalue weighted by atomic mass is 10.0. The molecule has 2 aromatic heterocycles. The maximum Gasteiger partial charge on any atom is 0.420 e. The molecule has 0 saturated heterocycles. The molecule has 0 bridgehead atoms. The van der Waals surface area contributed by atoms with Crippen LogP contribution in [0.25, 0.3) is 11.1 Å². The number of carbonyl (C=O) groups is 1. The summed E-state index contributed by atoms with van der Waals surface area (Å²) in [6, 6.07) is 6.78. The zero-order valence-corrected chi connectivity index (χ0v) is 19.2. The van der Waals surface area contributed by atoms with Gasteiger partial charge in [0.05, 0.1) is 37.6 Å². The first-order valence-corrected chi connectivity index (χ1v) is 10.9. The highest BCUT2D eigenvalue weighted by atomic mass is 35.5. The fourth-order valence-corrected chi connectivity index (χ4v) is 3.64. The van der Waals surface area contributed by atoms with Gasteiger partial charge in [0.15, 0.2) is 5.58 Å². The lowest BCUT2D eigenvalue weighted by Crippen LogP contribution is -2.49. The Bertz CT molecular complexity index is 1180. The van der Waals surface area contributed by atoms with Crippen LogP contribution in [0.2, 0.25) is 5.02 Å². The van der Waals surface area contributed by atoms with Crippen LogP contribution in [-0.4, -0.2) is 61.3 Å². The smallest absolute Gasteiger partial charge is 0.420 e. The molecule has 0 aliphatic rings. The van der Waals surface area contributed by atoms with Crippen molar-refractivity contribution >= 4 is 34.4 Å². The molecule has 11 nitrogen and oxygen atoms in total. The standard InChI is InChI=1S/C22H26ClN3O8/c1-2-14(13-5-3-4-7-24-13)33-15-9-16-20(26(21(32)34-16)8-6-17(30)31)19(18(15)23)25-22(10-27,11-28)12-29/h3-5,7,9,14,25,27-29H,2,6,8,10-12H2,1H3,(H,30,31)/t14-/m1/s1. The SMILES string of the molecule is CC[C@@H](Oc1cc2oc(=O)n(CCC(=O)O)c2c(NC(CO)(CO)CO)c1Cl)c1ccccn1. The maximum absolute atomic E-state index is 12.5. The minimum atomic E-state index is -1.61. The number of aliphatic carboxylic acids is 1. The third-order valence-corrected chi connectivity index (χ3v) is 5.74. The molecule has 5 N–H and O–H groups in total. The average Bonchev–Trinajstić information content (AvgIpc) is 3.16. The first-order valence-electron chi connectivity index (χ1n) is 10.5. The van der Waals surface area contributed by atoms with E-state index in [1.807, 2.05) is 13.0 Å². The van der Waals surface area contributed by atoms with Crippen molar-refractivity contribution < 1.29 is 34.4 Å². The van der Waals surface area contributed by atoms with E-state index in [-0.39, 0.29) is 40.5 Å². The number of aromatic nitrogens is 2. The van der Waals surface area contributed by atoms with Crippen LogP contribution in [-0.2, 0) is 11.3 Å². The van der Waals surface area contributed by atoms with Gasteiger partial charge in [-0.1, -0.05) is 24.6 Å². The van der Waals surface area contributed by atoms with Crippen LogP contribution < -0.4 is 15.8 Å². The second kappa shape index (κ2) is 10.9. The number of pyridine rings is 1. The molecule has 3 aromatic rings. The van der Waals surface area contributed by atoms with Crippen molar-refractivity contribution in [2.24, 2.45) is 0 Å². The second-order valence-electron chi connectivity index (χ2n) is 7.72. The number of aliphatic hydroxyl groups is 3. The van der Waals surface area contributed by atoms with Crippen LogP contribution in [0, 0.1) is 0 Å². The average molecular weight is 496 g/mol. The van der Waals surface area contributed by atoms with E-state index in [4.69, 9.17) is 25.9 Å². The highest BCUT2D eigenvalue weighted by Gasteiger charge is 2.32. The van der Waals surface area contributed by atoms with Crippen molar-refractivity contribution in [3.05, 3.63) is 51.7 Å². The first kappa shape index (κ1) is 25.5. The quantitative estimate of drug-likeness (QED) is 0.250. The van der Waals surface area contributed by atoms with Crippen molar-refractivity contribution in [3.63, 3.8) is 0 Å². The Kier molecular flexibility index (Phi) is 8.15. The van der Waals surface area contributed by atoms with Gasteiger partial charge in [-0.25, -0.2) is 4.79 Å². The highest BCUT2D eigenvalue weighted by molar-refractivity contribution is 6.36. The molecule has 0 saturated carbocycles. The lowest BCUT2D eigenvalue weighted by molar-refractivity contribution is -0.137. The molecule has 3 rings (SSSR count). The van der Waals surface area contributed by atoms with E-state index in [1.165, 1.54) is 6.07 Å². The number of oxazole rings is 1. The molecule has 34 heavy (non-hydrogen) atoms. The van der Waals surface area contributed by atoms with Crippen molar-refractivity contribution in [3.8, 4) is 5.75 Å². The number of fused-ring (bicyclic) bond motifs is 1. The zero-order chi connectivity index (χ0) is 24.9. The summed E-state index contributed by atoms with van der Waals surface area (Å²) in [5.74, 6) is -1.83. The number of nitrogens with zero attached hydrogens (tertiary/aromatic N) is 2. The van der Waals surface area contributed by atoms with E-state index in [0.29, 0.717) is 12.1 Å². The van der Waals surface area contributed by atoms with Crippen molar-refractivity contribution in [1.29, 1.82) is 0 Å². The summed E-state index contributed by atoms with van der Waals surface area (Å²) in [6.45, 7) is -0.354. The van der Waals surface area contributed by atoms with Crippen molar-refractivity contribution in [1.82, 2.24) is 9.55 Å². The number of hydrogen-bond donors (Lipinski definition) is 5. The summed E-state index contributed by atoms with van der Waals surface area (Å²) in [5.41, 5.74) is -0.791. The molecule has 0 amide bonds. The van der Waals surface area contributed by atoms with Gasteiger partial charge in [0, 0.05) is 18.8 Å². The van der Waals surface area contributed by atoms with E-state index in [2.05, 4.69) is 10.3 Å². The summed E-state index contributed by atoms with van der Waals surface area (Å²) in [5, 5.41) is 41.3. The van der Waals surface area contributed by atoms with Gasteiger partial charge in [0.1, 0.15) is 27.9 Å². The molecule has 0 unspecified atom stereocenters. The van der Waals surface area contributed by atoms with Crippen LogP contribution in [0.3, 0.4) is 0 Å². The number of benzene rings is 1. The predicted octanol–water partition coefficient (Wildman–Crippen LogP) is 1.78. The Hall–Kier alpha value is -3.12. The minimum absolute atomic E-state index is 0.0218. The molecule has 0 aliphatic heterocycles. The highest BCUT2D eigenvalue weighted by Crippen LogP contribution is 2.42. The Morgan fingerprint density at radius 2 is 2.00 bits per heavy atom. The van der Waals surface area contributed by atoms with Crippen molar-refractivity contribution in [2.45, 2.75) is 38.0 Å². The Morgan fingerprint density at radius 1 is 1.29 bits per heavy atom. The summed E-state index contributed by atoms with van der Waals surface area (Å²) < 4.78 is 12.5. The van der Waals surface area contributed by atoms with E-state index < -0.39 is 43.2 Å². The molecule has 0 aliphatic carbocycles. The number of hydrogen-bond acceptors (Lipinski definition) is 9. The third kappa shape index (κ3) is 5.17. The molecule has 1 atom stereocenters. The fraction of sp³-hybridized carbons (Fsp3) is 0.409. The Labute approximate surface area is 199 Å². The predicted molar refractivity (Wildman–Crippen MR) is 123 cm³/mol. The lowest BCUT2D eigenvalue weighted by Gasteiger charge is -2.31. The Morgan fingerprint density at radius 3 is 2.56 bits per heavy atom. The summed E-state index contributed by atoms with van der Waals surface area (Å²) in [4.78, 5) is 27.9. The first-order chi connectivity index (χ1) is 16.3. The zero-order valence-electron chi connectivity index (χ0n) is 18.4. The monoisotopic (exact) mass is 495 g/mol.